The molecular formula is C19H22N2O2. The van der Waals surface area contributed by atoms with Crippen LogP contribution in [0.3, 0.4) is 0 Å². The number of aryl methyl sites for hydroxylation is 2. The molecule has 0 saturated carbocycles. The Labute approximate surface area is 136 Å². The molecule has 2 aromatic rings. The highest BCUT2D eigenvalue weighted by Gasteiger charge is 2.14. The fourth-order valence-corrected chi connectivity index (χ4v) is 2.08. The van der Waals surface area contributed by atoms with E-state index in [9.17, 15) is 4.79 Å². The van der Waals surface area contributed by atoms with Gasteiger partial charge in [-0.3, -0.25) is 4.79 Å². The molecule has 0 fully saturated rings. The van der Waals surface area contributed by atoms with Crippen molar-refractivity contribution in [1.82, 2.24) is 0 Å². The van der Waals surface area contributed by atoms with Crippen LogP contribution in [0.4, 0.5) is 11.4 Å². The highest BCUT2D eigenvalue weighted by molar-refractivity contribution is 5.98. The van der Waals surface area contributed by atoms with E-state index in [1.54, 1.807) is 6.92 Å². The van der Waals surface area contributed by atoms with Crippen molar-refractivity contribution >= 4 is 23.2 Å². The molecule has 0 spiro atoms. The maximum Gasteiger partial charge on any atom is 0.306 e. The lowest BCUT2D eigenvalue weighted by Crippen LogP contribution is -2.20. The van der Waals surface area contributed by atoms with Crippen molar-refractivity contribution in [2.24, 2.45) is 10.9 Å². The van der Waals surface area contributed by atoms with Crippen LogP contribution in [0.5, 0.6) is 0 Å². The highest BCUT2D eigenvalue weighted by Crippen LogP contribution is 2.17. The van der Waals surface area contributed by atoms with E-state index in [1.165, 1.54) is 5.56 Å². The number of benzene rings is 2. The van der Waals surface area contributed by atoms with Crippen LogP contribution in [0.1, 0.15) is 24.5 Å². The van der Waals surface area contributed by atoms with Gasteiger partial charge in [-0.2, -0.15) is 0 Å². The van der Waals surface area contributed by atoms with Crippen molar-refractivity contribution in [2.75, 3.05) is 5.32 Å². The maximum absolute atomic E-state index is 11.1. The second kappa shape index (κ2) is 7.58. The molecule has 0 saturated heterocycles. The van der Waals surface area contributed by atoms with Gasteiger partial charge in [0.15, 0.2) is 0 Å². The maximum atomic E-state index is 11.1. The van der Waals surface area contributed by atoms with Crippen LogP contribution < -0.4 is 5.32 Å². The molecule has 0 aliphatic carbocycles. The predicted octanol–water partition coefficient (Wildman–Crippen LogP) is 4.56. The second-order valence-corrected chi connectivity index (χ2v) is 5.83. The van der Waals surface area contributed by atoms with E-state index in [-0.39, 0.29) is 0 Å². The third kappa shape index (κ3) is 5.25. The number of anilines is 1. The zero-order valence-electron chi connectivity index (χ0n) is 13.7. The molecule has 0 radical (unpaired) electrons. The first-order valence-electron chi connectivity index (χ1n) is 7.65. The summed E-state index contributed by atoms with van der Waals surface area (Å²) in [7, 11) is 0. The summed E-state index contributed by atoms with van der Waals surface area (Å²) in [5.74, 6) is -0.683. The van der Waals surface area contributed by atoms with Gasteiger partial charge < -0.3 is 10.4 Å². The minimum Gasteiger partial charge on any atom is -0.481 e. The molecular weight excluding hydrogens is 288 g/mol. The number of hydrogen-bond acceptors (Lipinski definition) is 2. The normalized spacial score (nSPS) is 12.7. The van der Waals surface area contributed by atoms with E-state index in [0.717, 1.165) is 16.9 Å². The number of nitrogens with zero attached hydrogens (tertiary/aromatic N) is 1. The van der Waals surface area contributed by atoms with Gasteiger partial charge in [0.2, 0.25) is 0 Å². The summed E-state index contributed by atoms with van der Waals surface area (Å²) in [6, 6.07) is 15.8. The summed E-state index contributed by atoms with van der Waals surface area (Å²) < 4.78 is 0. The molecule has 1 unspecified atom stereocenters. The largest absolute Gasteiger partial charge is 0.481 e. The predicted molar refractivity (Wildman–Crippen MR) is 94.5 cm³/mol. The highest BCUT2D eigenvalue weighted by atomic mass is 16.4. The molecule has 4 nitrogen and oxygen atoms in total. The first-order valence-corrected chi connectivity index (χ1v) is 7.65. The van der Waals surface area contributed by atoms with Crippen molar-refractivity contribution < 1.29 is 9.90 Å². The molecule has 0 bridgehead atoms. The van der Waals surface area contributed by atoms with E-state index in [1.807, 2.05) is 62.4 Å². The average Bonchev–Trinajstić information content (AvgIpc) is 2.51. The smallest absolute Gasteiger partial charge is 0.306 e. The SMILES string of the molecule is Cc1ccc(N=C(CC(C)C(=O)O)Nc2ccc(C)cc2)cc1. The van der Waals surface area contributed by atoms with Gasteiger partial charge in [-0.1, -0.05) is 42.3 Å². The third-order valence-corrected chi connectivity index (χ3v) is 3.56. The first-order chi connectivity index (χ1) is 10.9. The molecule has 2 aromatic carbocycles. The van der Waals surface area contributed by atoms with Gasteiger partial charge in [-0.05, 0) is 38.1 Å². The zero-order valence-corrected chi connectivity index (χ0v) is 13.7. The Morgan fingerprint density at radius 1 is 1.04 bits per heavy atom. The molecule has 2 N–H and O–H groups in total. The van der Waals surface area contributed by atoms with E-state index >= 15 is 0 Å². The van der Waals surface area contributed by atoms with Gasteiger partial charge in [-0.15, -0.1) is 0 Å². The Hall–Kier alpha value is -2.62. The molecule has 0 amide bonds. The molecule has 0 aliphatic heterocycles. The van der Waals surface area contributed by atoms with Crippen LogP contribution >= 0.6 is 0 Å². The number of amidine groups is 1. The lowest BCUT2D eigenvalue weighted by molar-refractivity contribution is -0.140. The summed E-state index contributed by atoms with van der Waals surface area (Å²) in [5, 5.41) is 12.4. The number of hydrogen-bond donors (Lipinski definition) is 2. The van der Waals surface area contributed by atoms with Crippen molar-refractivity contribution in [2.45, 2.75) is 27.2 Å². The van der Waals surface area contributed by atoms with Crippen molar-refractivity contribution in [3.63, 3.8) is 0 Å². The van der Waals surface area contributed by atoms with E-state index < -0.39 is 11.9 Å². The fourth-order valence-electron chi connectivity index (χ4n) is 2.08. The first kappa shape index (κ1) is 16.7. The molecule has 2 rings (SSSR count). The lowest BCUT2D eigenvalue weighted by Gasteiger charge is -2.13. The Balaban J connectivity index is 2.24. The number of aliphatic imine (C=N–C) groups is 1. The van der Waals surface area contributed by atoms with Gasteiger partial charge in [0.05, 0.1) is 11.6 Å². The summed E-state index contributed by atoms with van der Waals surface area (Å²) in [6.45, 7) is 5.73. The second-order valence-electron chi connectivity index (χ2n) is 5.83. The van der Waals surface area contributed by atoms with Crippen LogP contribution in [-0.2, 0) is 4.79 Å². The summed E-state index contributed by atoms with van der Waals surface area (Å²) in [4.78, 5) is 15.7. The lowest BCUT2D eigenvalue weighted by atomic mass is 10.1. The minimum atomic E-state index is -0.827. The van der Waals surface area contributed by atoms with Gasteiger partial charge in [-0.25, -0.2) is 4.99 Å². The minimum absolute atomic E-state index is 0.344. The summed E-state index contributed by atoms with van der Waals surface area (Å²) >= 11 is 0. The average molecular weight is 310 g/mol. The van der Waals surface area contributed by atoms with E-state index in [2.05, 4.69) is 10.3 Å². The molecule has 0 heterocycles. The van der Waals surface area contributed by atoms with Crippen LogP contribution in [0, 0.1) is 19.8 Å². The molecule has 23 heavy (non-hydrogen) atoms. The van der Waals surface area contributed by atoms with Gasteiger partial charge >= 0.3 is 5.97 Å². The fraction of sp³-hybridized carbons (Fsp3) is 0.263. The van der Waals surface area contributed by atoms with E-state index in [4.69, 9.17) is 5.11 Å². The van der Waals surface area contributed by atoms with Crippen LogP contribution in [0.25, 0.3) is 0 Å². The number of aliphatic carboxylic acids is 1. The van der Waals surface area contributed by atoms with Gasteiger partial charge in [0.25, 0.3) is 0 Å². The van der Waals surface area contributed by atoms with Crippen LogP contribution in [0.15, 0.2) is 53.5 Å². The number of carboxylic acid groups (broad SMARTS) is 1. The van der Waals surface area contributed by atoms with Crippen LogP contribution in [0.2, 0.25) is 0 Å². The third-order valence-electron chi connectivity index (χ3n) is 3.56. The molecule has 120 valence electrons. The number of carboxylic acids is 1. The van der Waals surface area contributed by atoms with Crippen molar-refractivity contribution in [3.05, 3.63) is 59.7 Å². The Kier molecular flexibility index (Phi) is 5.52. The van der Waals surface area contributed by atoms with Crippen molar-refractivity contribution in [1.29, 1.82) is 0 Å². The Morgan fingerprint density at radius 3 is 2.09 bits per heavy atom. The van der Waals surface area contributed by atoms with Gasteiger partial charge in [0.1, 0.15) is 5.84 Å². The summed E-state index contributed by atoms with van der Waals surface area (Å²) in [5.41, 5.74) is 4.05. The number of nitrogens with one attached hydrogen (secondary N) is 1. The van der Waals surface area contributed by atoms with Gasteiger partial charge in [0, 0.05) is 12.1 Å². The Bertz CT molecular complexity index is 688. The standard InChI is InChI=1S/C19H22N2O2/c1-13-4-8-16(9-5-13)20-18(12-15(3)19(22)23)21-17-10-6-14(2)7-11-17/h4-11,15H,12H2,1-3H3,(H,20,21)(H,22,23). The quantitative estimate of drug-likeness (QED) is 0.629. The van der Waals surface area contributed by atoms with Crippen LogP contribution in [-0.4, -0.2) is 16.9 Å². The Morgan fingerprint density at radius 2 is 1.57 bits per heavy atom. The molecule has 1 atom stereocenters. The zero-order chi connectivity index (χ0) is 16.8. The molecule has 0 aliphatic rings. The number of rotatable bonds is 5. The monoisotopic (exact) mass is 310 g/mol. The number of carbonyl (C=O) groups is 1. The summed E-state index contributed by atoms with van der Waals surface area (Å²) in [6.07, 6.45) is 0.344. The van der Waals surface area contributed by atoms with E-state index in [0.29, 0.717) is 12.3 Å². The topological polar surface area (TPSA) is 61.7 Å². The van der Waals surface area contributed by atoms with Crippen molar-refractivity contribution in [3.8, 4) is 0 Å². The molecule has 0 aromatic heterocycles. The molecule has 4 heteroatoms.